The van der Waals surface area contributed by atoms with Crippen molar-refractivity contribution >= 4 is 5.91 Å². The molecule has 2 rings (SSSR count). The molecule has 18 heavy (non-hydrogen) atoms. The average molecular weight is 246 g/mol. The van der Waals surface area contributed by atoms with E-state index in [1.165, 1.54) is 12.3 Å². The van der Waals surface area contributed by atoms with Gasteiger partial charge in [0.05, 0.1) is 24.0 Å². The zero-order valence-electron chi connectivity index (χ0n) is 9.72. The molecule has 0 aliphatic carbocycles. The first-order chi connectivity index (χ1) is 8.66. The maximum absolute atomic E-state index is 13.3. The molecule has 6 heteroatoms. The summed E-state index contributed by atoms with van der Waals surface area (Å²) in [6.45, 7) is 1.98. The molecule has 0 atom stereocenters. The van der Waals surface area contributed by atoms with E-state index in [2.05, 4.69) is 20.3 Å². The number of aromatic nitrogens is 3. The van der Waals surface area contributed by atoms with Crippen molar-refractivity contribution < 1.29 is 9.18 Å². The van der Waals surface area contributed by atoms with Crippen LogP contribution in [0.3, 0.4) is 0 Å². The predicted octanol–water partition coefficient (Wildman–Crippen LogP) is 1.25. The zero-order chi connectivity index (χ0) is 13.0. The maximum atomic E-state index is 13.3. The lowest BCUT2D eigenvalue weighted by molar-refractivity contribution is 0.0946. The molecule has 0 aliphatic rings. The molecular formula is C12H11FN4O. The van der Waals surface area contributed by atoms with Crippen molar-refractivity contribution in [1.82, 2.24) is 20.3 Å². The lowest BCUT2D eigenvalue weighted by atomic mass is 10.2. The van der Waals surface area contributed by atoms with E-state index in [1.54, 1.807) is 19.2 Å². The van der Waals surface area contributed by atoms with E-state index in [0.29, 0.717) is 11.5 Å². The fourth-order valence-electron chi connectivity index (χ4n) is 1.43. The Bertz CT molecular complexity index is 574. The number of hydrogen-bond donors (Lipinski definition) is 1. The van der Waals surface area contributed by atoms with Gasteiger partial charge in [0.25, 0.3) is 5.91 Å². The number of carbonyl (C=O) groups excluding carboxylic acids is 1. The summed E-state index contributed by atoms with van der Waals surface area (Å²) in [5.41, 5.74) is 0.640. The molecule has 92 valence electrons. The Balaban J connectivity index is 2.03. The van der Waals surface area contributed by atoms with Crippen LogP contribution in [0.5, 0.6) is 0 Å². The second-order valence-corrected chi connectivity index (χ2v) is 3.63. The molecule has 0 fully saturated rings. The molecule has 5 nitrogen and oxygen atoms in total. The Morgan fingerprint density at radius 3 is 2.94 bits per heavy atom. The van der Waals surface area contributed by atoms with Crippen molar-refractivity contribution in [3.05, 3.63) is 53.6 Å². The van der Waals surface area contributed by atoms with Crippen molar-refractivity contribution in [2.24, 2.45) is 0 Å². The lowest BCUT2D eigenvalue weighted by Gasteiger charge is -2.05. The van der Waals surface area contributed by atoms with Gasteiger partial charge in [-0.15, -0.1) is 0 Å². The van der Waals surface area contributed by atoms with Gasteiger partial charge in [0.15, 0.2) is 5.82 Å². The standard InChI is InChI=1S/C12H11FN4O/c1-8-15-5-2-9(17-8)6-16-12(18)10-3-4-14-7-11(10)13/h2-5,7H,6H2,1H3,(H,16,18). The Hall–Kier alpha value is -2.37. The summed E-state index contributed by atoms with van der Waals surface area (Å²) in [6.07, 6.45) is 3.98. The first-order valence-electron chi connectivity index (χ1n) is 5.33. The van der Waals surface area contributed by atoms with Gasteiger partial charge in [0.2, 0.25) is 0 Å². The Labute approximate surface area is 103 Å². The largest absolute Gasteiger partial charge is 0.346 e. The molecule has 0 radical (unpaired) electrons. The van der Waals surface area contributed by atoms with Gasteiger partial charge in [-0.05, 0) is 19.1 Å². The van der Waals surface area contributed by atoms with Crippen LogP contribution >= 0.6 is 0 Å². The molecule has 0 unspecified atom stereocenters. The fraction of sp³-hybridized carbons (Fsp3) is 0.167. The zero-order valence-corrected chi connectivity index (χ0v) is 9.72. The minimum Gasteiger partial charge on any atom is -0.346 e. The number of pyridine rings is 1. The highest BCUT2D eigenvalue weighted by molar-refractivity contribution is 5.94. The van der Waals surface area contributed by atoms with Crippen molar-refractivity contribution in [3.63, 3.8) is 0 Å². The minimum atomic E-state index is -0.645. The van der Waals surface area contributed by atoms with E-state index in [-0.39, 0.29) is 12.1 Å². The molecule has 0 aromatic carbocycles. The number of carbonyl (C=O) groups is 1. The van der Waals surface area contributed by atoms with Gasteiger partial charge in [-0.25, -0.2) is 14.4 Å². The number of nitrogens with one attached hydrogen (secondary N) is 1. The van der Waals surface area contributed by atoms with E-state index in [4.69, 9.17) is 0 Å². The summed E-state index contributed by atoms with van der Waals surface area (Å²) in [5, 5.41) is 2.59. The van der Waals surface area contributed by atoms with Gasteiger partial charge < -0.3 is 5.32 Å². The quantitative estimate of drug-likeness (QED) is 0.885. The first kappa shape index (κ1) is 12.1. The van der Waals surface area contributed by atoms with Crippen LogP contribution in [0.4, 0.5) is 4.39 Å². The first-order valence-corrected chi connectivity index (χ1v) is 5.33. The molecule has 2 aromatic rings. The van der Waals surface area contributed by atoms with E-state index < -0.39 is 11.7 Å². The van der Waals surface area contributed by atoms with Gasteiger partial charge in [-0.2, -0.15) is 0 Å². The van der Waals surface area contributed by atoms with Gasteiger partial charge in [0.1, 0.15) is 5.82 Å². The third kappa shape index (κ3) is 2.85. The number of aryl methyl sites for hydroxylation is 1. The number of rotatable bonds is 3. The fourth-order valence-corrected chi connectivity index (χ4v) is 1.43. The van der Waals surface area contributed by atoms with Crippen LogP contribution in [0, 0.1) is 12.7 Å². The Morgan fingerprint density at radius 1 is 1.39 bits per heavy atom. The summed E-state index contributed by atoms with van der Waals surface area (Å²) in [6, 6.07) is 3.02. The smallest absolute Gasteiger partial charge is 0.254 e. The number of halogens is 1. The highest BCUT2D eigenvalue weighted by atomic mass is 19.1. The topological polar surface area (TPSA) is 67.8 Å². The monoisotopic (exact) mass is 246 g/mol. The van der Waals surface area contributed by atoms with Crippen LogP contribution in [0.25, 0.3) is 0 Å². The molecule has 0 spiro atoms. The normalized spacial score (nSPS) is 10.1. The second-order valence-electron chi connectivity index (χ2n) is 3.63. The van der Waals surface area contributed by atoms with Gasteiger partial charge >= 0.3 is 0 Å². The van der Waals surface area contributed by atoms with Crippen molar-refractivity contribution in [2.45, 2.75) is 13.5 Å². The van der Waals surface area contributed by atoms with Crippen LogP contribution in [0.2, 0.25) is 0 Å². The van der Waals surface area contributed by atoms with Crippen LogP contribution in [-0.4, -0.2) is 20.9 Å². The SMILES string of the molecule is Cc1nccc(CNC(=O)c2ccncc2F)n1. The molecule has 0 saturated carbocycles. The summed E-state index contributed by atoms with van der Waals surface area (Å²) in [4.78, 5) is 23.4. The summed E-state index contributed by atoms with van der Waals surface area (Å²) in [5.74, 6) is -0.517. The lowest BCUT2D eigenvalue weighted by Crippen LogP contribution is -2.24. The minimum absolute atomic E-state index is 0.0317. The number of amides is 1. The molecule has 0 aliphatic heterocycles. The van der Waals surface area contributed by atoms with E-state index in [9.17, 15) is 9.18 Å². The van der Waals surface area contributed by atoms with Crippen LogP contribution < -0.4 is 5.32 Å². The predicted molar refractivity (Wildman–Crippen MR) is 62.1 cm³/mol. The van der Waals surface area contributed by atoms with Gasteiger partial charge in [-0.3, -0.25) is 9.78 Å². The molecule has 2 aromatic heterocycles. The molecular weight excluding hydrogens is 235 g/mol. The molecule has 2 heterocycles. The summed E-state index contributed by atoms with van der Waals surface area (Å²) >= 11 is 0. The third-order valence-corrected chi connectivity index (χ3v) is 2.28. The van der Waals surface area contributed by atoms with Gasteiger partial charge in [0, 0.05) is 12.4 Å². The van der Waals surface area contributed by atoms with Crippen LogP contribution in [-0.2, 0) is 6.54 Å². The molecule has 1 N–H and O–H groups in total. The van der Waals surface area contributed by atoms with Crippen molar-refractivity contribution in [2.75, 3.05) is 0 Å². The van der Waals surface area contributed by atoms with E-state index >= 15 is 0 Å². The third-order valence-electron chi connectivity index (χ3n) is 2.28. The maximum Gasteiger partial charge on any atom is 0.254 e. The van der Waals surface area contributed by atoms with Gasteiger partial charge in [-0.1, -0.05) is 0 Å². The van der Waals surface area contributed by atoms with Crippen LogP contribution in [0.1, 0.15) is 21.9 Å². The highest BCUT2D eigenvalue weighted by Crippen LogP contribution is 2.04. The van der Waals surface area contributed by atoms with Crippen molar-refractivity contribution in [3.8, 4) is 0 Å². The Kier molecular flexibility index (Phi) is 3.57. The van der Waals surface area contributed by atoms with Crippen LogP contribution in [0.15, 0.2) is 30.7 Å². The van der Waals surface area contributed by atoms with E-state index in [1.807, 2.05) is 0 Å². The molecule has 0 saturated heterocycles. The summed E-state index contributed by atoms with van der Waals surface area (Å²) in [7, 11) is 0. The molecule has 0 bridgehead atoms. The second kappa shape index (κ2) is 5.31. The number of hydrogen-bond acceptors (Lipinski definition) is 4. The molecule has 1 amide bonds. The Morgan fingerprint density at radius 2 is 2.22 bits per heavy atom. The van der Waals surface area contributed by atoms with Crippen molar-refractivity contribution in [1.29, 1.82) is 0 Å². The van der Waals surface area contributed by atoms with E-state index in [0.717, 1.165) is 6.20 Å². The highest BCUT2D eigenvalue weighted by Gasteiger charge is 2.10. The number of nitrogens with zero attached hydrogens (tertiary/aromatic N) is 3. The average Bonchev–Trinajstić information content (AvgIpc) is 2.37. The summed E-state index contributed by atoms with van der Waals surface area (Å²) < 4.78 is 13.3.